The quantitative estimate of drug-likeness (QED) is 0.710. The molecule has 29 heavy (non-hydrogen) atoms. The number of carbonyl (C=O) groups excluding carboxylic acids is 2. The fourth-order valence-electron chi connectivity index (χ4n) is 4.05. The molecule has 1 aliphatic rings. The Morgan fingerprint density at radius 1 is 1.07 bits per heavy atom. The van der Waals surface area contributed by atoms with Crippen LogP contribution in [0.4, 0.5) is 0 Å². The van der Waals surface area contributed by atoms with E-state index >= 15 is 0 Å². The number of aryl methyl sites for hydroxylation is 2. The lowest BCUT2D eigenvalue weighted by atomic mass is 10.0. The smallest absolute Gasteiger partial charge is 0.251 e. The van der Waals surface area contributed by atoms with E-state index in [1.165, 1.54) is 10.4 Å². The Kier molecular flexibility index (Phi) is 5.28. The molecule has 1 aliphatic heterocycles. The molecule has 1 unspecified atom stereocenters. The summed E-state index contributed by atoms with van der Waals surface area (Å²) in [6.07, 6.45) is 0.886. The molecule has 5 nitrogen and oxygen atoms in total. The van der Waals surface area contributed by atoms with Gasteiger partial charge in [-0.3, -0.25) is 9.59 Å². The summed E-state index contributed by atoms with van der Waals surface area (Å²) >= 11 is 1.75. The van der Waals surface area contributed by atoms with Crippen LogP contribution >= 0.6 is 11.3 Å². The van der Waals surface area contributed by atoms with E-state index in [1.54, 1.807) is 23.5 Å². The summed E-state index contributed by atoms with van der Waals surface area (Å²) in [6.45, 7) is 6.88. The molecule has 6 heteroatoms. The summed E-state index contributed by atoms with van der Waals surface area (Å²) in [7, 11) is 0. The van der Waals surface area contributed by atoms with Gasteiger partial charge in [0.15, 0.2) is 0 Å². The summed E-state index contributed by atoms with van der Waals surface area (Å²) in [5.74, 6) is -0.273. The second-order valence-corrected chi connectivity index (χ2v) is 8.49. The van der Waals surface area contributed by atoms with Gasteiger partial charge < -0.3 is 14.8 Å². The first-order valence-electron chi connectivity index (χ1n) is 9.85. The molecule has 0 radical (unpaired) electrons. The van der Waals surface area contributed by atoms with E-state index in [1.807, 2.05) is 24.0 Å². The summed E-state index contributed by atoms with van der Waals surface area (Å²) in [4.78, 5) is 28.4. The average Bonchev–Trinajstić information content (AvgIpc) is 3.33. The van der Waals surface area contributed by atoms with Gasteiger partial charge in [0.1, 0.15) is 0 Å². The number of hydrogen-bond acceptors (Lipinski definition) is 3. The van der Waals surface area contributed by atoms with Crippen molar-refractivity contribution in [1.82, 2.24) is 14.8 Å². The fourth-order valence-corrected chi connectivity index (χ4v) is 5.01. The number of nitrogens with zero attached hydrogens (tertiary/aromatic N) is 2. The SMILES string of the molecule is Cc1ccc(C)n1-c1ccc(C(=O)NCC(=O)N2CCc3sccc3C2C)cc1. The largest absolute Gasteiger partial charge is 0.343 e. The number of benzene rings is 1. The van der Waals surface area contributed by atoms with Crippen LogP contribution in [0.2, 0.25) is 0 Å². The summed E-state index contributed by atoms with van der Waals surface area (Å²) in [5.41, 5.74) is 5.10. The van der Waals surface area contributed by atoms with Gasteiger partial charge in [-0.25, -0.2) is 0 Å². The Labute approximate surface area is 175 Å². The first-order chi connectivity index (χ1) is 14.0. The van der Waals surface area contributed by atoms with E-state index in [0.29, 0.717) is 12.1 Å². The van der Waals surface area contributed by atoms with Crippen LogP contribution in [-0.2, 0) is 11.2 Å². The number of thiophene rings is 1. The second-order valence-electron chi connectivity index (χ2n) is 7.49. The molecular formula is C23H25N3O2S. The van der Waals surface area contributed by atoms with Gasteiger partial charge in [0, 0.05) is 34.1 Å². The highest BCUT2D eigenvalue weighted by atomic mass is 32.1. The van der Waals surface area contributed by atoms with Crippen molar-refractivity contribution < 1.29 is 9.59 Å². The van der Waals surface area contributed by atoms with E-state index in [0.717, 1.165) is 23.5 Å². The van der Waals surface area contributed by atoms with Gasteiger partial charge in [0.05, 0.1) is 12.6 Å². The predicted molar refractivity (Wildman–Crippen MR) is 116 cm³/mol. The zero-order chi connectivity index (χ0) is 20.5. The van der Waals surface area contributed by atoms with Crippen LogP contribution in [0.25, 0.3) is 5.69 Å². The highest BCUT2D eigenvalue weighted by molar-refractivity contribution is 7.10. The number of aromatic nitrogens is 1. The van der Waals surface area contributed by atoms with Crippen molar-refractivity contribution in [3.8, 4) is 5.69 Å². The van der Waals surface area contributed by atoms with Gasteiger partial charge in [0.25, 0.3) is 5.91 Å². The van der Waals surface area contributed by atoms with Gasteiger partial charge >= 0.3 is 0 Å². The molecule has 150 valence electrons. The first kappa shape index (κ1) is 19.5. The van der Waals surface area contributed by atoms with Crippen LogP contribution < -0.4 is 5.32 Å². The highest BCUT2D eigenvalue weighted by Gasteiger charge is 2.28. The van der Waals surface area contributed by atoms with Crippen LogP contribution in [0.3, 0.4) is 0 Å². The summed E-state index contributed by atoms with van der Waals surface area (Å²) in [5, 5.41) is 4.86. The third-order valence-corrected chi connectivity index (χ3v) is 6.65. The topological polar surface area (TPSA) is 54.3 Å². The number of amides is 2. The minimum Gasteiger partial charge on any atom is -0.343 e. The van der Waals surface area contributed by atoms with Gasteiger partial charge in [0.2, 0.25) is 5.91 Å². The molecule has 1 atom stereocenters. The number of carbonyl (C=O) groups is 2. The number of fused-ring (bicyclic) bond motifs is 1. The minimum atomic E-state index is -0.230. The standard InChI is InChI=1S/C23H25N3O2S/c1-15-4-5-16(2)26(15)19-8-6-18(7-9-19)23(28)24-14-22(27)25-12-10-21-20(17(25)3)11-13-29-21/h4-9,11,13,17H,10,12,14H2,1-3H3,(H,24,28). The Balaban J connectivity index is 1.38. The van der Waals surface area contributed by atoms with Gasteiger partial charge in [-0.2, -0.15) is 0 Å². The van der Waals surface area contributed by atoms with Crippen molar-refractivity contribution in [3.63, 3.8) is 0 Å². The second kappa shape index (κ2) is 7.87. The van der Waals surface area contributed by atoms with Crippen molar-refractivity contribution in [3.05, 3.63) is 75.2 Å². The van der Waals surface area contributed by atoms with Crippen molar-refractivity contribution in [2.24, 2.45) is 0 Å². The molecule has 0 spiro atoms. The summed E-state index contributed by atoms with van der Waals surface area (Å²) < 4.78 is 2.14. The van der Waals surface area contributed by atoms with Crippen molar-refractivity contribution >= 4 is 23.2 Å². The Hall–Kier alpha value is -2.86. The van der Waals surface area contributed by atoms with Gasteiger partial charge in [-0.05, 0) is 80.6 Å². The monoisotopic (exact) mass is 407 g/mol. The van der Waals surface area contributed by atoms with E-state index in [2.05, 4.69) is 47.3 Å². The van der Waals surface area contributed by atoms with Gasteiger partial charge in [-0.15, -0.1) is 11.3 Å². The van der Waals surface area contributed by atoms with E-state index in [-0.39, 0.29) is 24.4 Å². The van der Waals surface area contributed by atoms with E-state index in [9.17, 15) is 9.59 Å². The maximum Gasteiger partial charge on any atom is 0.251 e. The molecule has 2 amide bonds. The van der Waals surface area contributed by atoms with Crippen molar-refractivity contribution in [2.45, 2.75) is 33.2 Å². The Morgan fingerprint density at radius 2 is 1.76 bits per heavy atom. The minimum absolute atomic E-state index is 0.0141. The number of nitrogens with one attached hydrogen (secondary N) is 1. The van der Waals surface area contributed by atoms with Crippen molar-refractivity contribution in [2.75, 3.05) is 13.1 Å². The molecule has 1 N–H and O–H groups in total. The molecule has 0 saturated heterocycles. The highest BCUT2D eigenvalue weighted by Crippen LogP contribution is 2.32. The molecule has 0 fully saturated rings. The van der Waals surface area contributed by atoms with Crippen LogP contribution in [0, 0.1) is 13.8 Å². The third kappa shape index (κ3) is 3.72. The van der Waals surface area contributed by atoms with Crippen LogP contribution in [-0.4, -0.2) is 34.4 Å². The molecule has 3 heterocycles. The summed E-state index contributed by atoms with van der Waals surface area (Å²) in [6, 6.07) is 13.8. The van der Waals surface area contributed by atoms with Crippen molar-refractivity contribution in [1.29, 1.82) is 0 Å². The maximum atomic E-state index is 12.7. The molecule has 0 aliphatic carbocycles. The molecule has 0 bridgehead atoms. The maximum absolute atomic E-state index is 12.7. The molecular weight excluding hydrogens is 382 g/mol. The van der Waals surface area contributed by atoms with E-state index < -0.39 is 0 Å². The lowest BCUT2D eigenvalue weighted by Crippen LogP contribution is -2.44. The van der Waals surface area contributed by atoms with Crippen LogP contribution in [0.1, 0.15) is 45.2 Å². The lowest BCUT2D eigenvalue weighted by molar-refractivity contribution is -0.132. The first-order valence-corrected chi connectivity index (χ1v) is 10.7. The molecule has 4 rings (SSSR count). The molecule has 3 aromatic rings. The Morgan fingerprint density at radius 3 is 2.45 bits per heavy atom. The Bertz CT molecular complexity index is 1030. The normalized spacial score (nSPS) is 15.8. The number of rotatable bonds is 4. The fraction of sp³-hybridized carbons (Fsp3) is 0.304. The molecule has 0 saturated carbocycles. The third-order valence-electron chi connectivity index (χ3n) is 5.66. The lowest BCUT2D eigenvalue weighted by Gasteiger charge is -2.33. The van der Waals surface area contributed by atoms with Gasteiger partial charge in [-0.1, -0.05) is 0 Å². The average molecular weight is 408 g/mol. The molecule has 2 aromatic heterocycles. The number of hydrogen-bond donors (Lipinski definition) is 1. The predicted octanol–water partition coefficient (Wildman–Crippen LogP) is 4.03. The van der Waals surface area contributed by atoms with Crippen LogP contribution in [0.15, 0.2) is 47.8 Å². The zero-order valence-electron chi connectivity index (χ0n) is 16.9. The van der Waals surface area contributed by atoms with Crippen LogP contribution in [0.5, 0.6) is 0 Å². The molecule has 1 aromatic carbocycles. The zero-order valence-corrected chi connectivity index (χ0v) is 17.8. The van der Waals surface area contributed by atoms with E-state index in [4.69, 9.17) is 0 Å².